The number of benzene rings is 2. The fourth-order valence-electron chi connectivity index (χ4n) is 3.32. The third kappa shape index (κ3) is 5.37. The zero-order chi connectivity index (χ0) is 21.7. The van der Waals surface area contributed by atoms with E-state index in [4.69, 9.17) is 27.9 Å². The Kier molecular flexibility index (Phi) is 7.45. The van der Waals surface area contributed by atoms with Crippen molar-refractivity contribution in [3.05, 3.63) is 57.6 Å². The first-order valence-electron chi connectivity index (χ1n) is 9.97. The Morgan fingerprint density at radius 3 is 2.67 bits per heavy atom. The fourth-order valence-corrected chi connectivity index (χ4v) is 3.72. The van der Waals surface area contributed by atoms with Crippen molar-refractivity contribution in [1.29, 1.82) is 0 Å². The number of carbonyl (C=O) groups excluding carboxylic acids is 2. The molecule has 0 spiro atoms. The predicted molar refractivity (Wildman–Crippen MR) is 119 cm³/mol. The smallest absolute Gasteiger partial charge is 0.276 e. The van der Waals surface area contributed by atoms with Crippen LogP contribution in [0.5, 0.6) is 5.75 Å². The van der Waals surface area contributed by atoms with Crippen LogP contribution in [0.1, 0.15) is 48.5 Å². The summed E-state index contributed by atoms with van der Waals surface area (Å²) in [5, 5.41) is 5.80. The summed E-state index contributed by atoms with van der Waals surface area (Å²) < 4.78 is 5.73. The Balaban J connectivity index is 1.56. The molecule has 2 N–H and O–H groups in total. The maximum Gasteiger partial charge on any atom is 0.276 e. The van der Waals surface area contributed by atoms with Gasteiger partial charge in [0.1, 0.15) is 11.9 Å². The van der Waals surface area contributed by atoms with Crippen LogP contribution < -0.4 is 15.5 Å². The zero-order valence-corrected chi connectivity index (χ0v) is 18.5. The molecule has 6 nitrogen and oxygen atoms in total. The summed E-state index contributed by atoms with van der Waals surface area (Å²) >= 11 is 12.0. The van der Waals surface area contributed by atoms with Gasteiger partial charge in [0.25, 0.3) is 5.91 Å². The number of ether oxygens (including phenoxy) is 1. The highest BCUT2D eigenvalue weighted by atomic mass is 35.5. The Morgan fingerprint density at radius 2 is 1.93 bits per heavy atom. The largest absolute Gasteiger partial charge is 0.493 e. The van der Waals surface area contributed by atoms with Gasteiger partial charge in [-0.25, -0.2) is 5.01 Å². The summed E-state index contributed by atoms with van der Waals surface area (Å²) in [4.78, 5) is 25.4. The van der Waals surface area contributed by atoms with Crippen molar-refractivity contribution in [2.75, 3.05) is 11.9 Å². The molecule has 2 amide bonds. The van der Waals surface area contributed by atoms with E-state index in [0.29, 0.717) is 35.1 Å². The summed E-state index contributed by atoms with van der Waals surface area (Å²) in [6, 6.07) is 10.5. The minimum absolute atomic E-state index is 0.234. The maximum absolute atomic E-state index is 12.9. The second-order valence-corrected chi connectivity index (χ2v) is 8.08. The third-order valence-electron chi connectivity index (χ3n) is 4.81. The molecule has 3 rings (SSSR count). The van der Waals surface area contributed by atoms with Gasteiger partial charge in [0, 0.05) is 22.2 Å². The molecule has 160 valence electrons. The molecule has 8 heteroatoms. The molecule has 0 aromatic heterocycles. The number of halogens is 2. The average Bonchev–Trinajstić information content (AvgIpc) is 2.70. The van der Waals surface area contributed by atoms with Crippen LogP contribution in [-0.2, 0) is 4.79 Å². The molecule has 1 aliphatic rings. The lowest BCUT2D eigenvalue weighted by molar-refractivity contribution is -0.126. The van der Waals surface area contributed by atoms with Gasteiger partial charge in [0.15, 0.2) is 0 Å². The SMILES string of the molecule is CCCC1Nc2ccc(Cl)cc2C(=O)N1NC(=O)CCCOc1ccc(Cl)cc1C. The molecule has 1 aliphatic heterocycles. The molecule has 1 heterocycles. The van der Waals surface area contributed by atoms with Crippen LogP contribution in [-0.4, -0.2) is 29.6 Å². The molecule has 2 aromatic carbocycles. The Morgan fingerprint density at radius 1 is 1.20 bits per heavy atom. The van der Waals surface area contributed by atoms with Crippen molar-refractivity contribution in [2.45, 2.75) is 45.7 Å². The molecule has 0 saturated heterocycles. The second kappa shape index (κ2) is 10.0. The molecular formula is C22H25Cl2N3O3. The monoisotopic (exact) mass is 449 g/mol. The predicted octanol–water partition coefficient (Wildman–Crippen LogP) is 5.19. The first-order chi connectivity index (χ1) is 14.4. The van der Waals surface area contributed by atoms with Crippen molar-refractivity contribution in [3.8, 4) is 5.75 Å². The van der Waals surface area contributed by atoms with Gasteiger partial charge >= 0.3 is 0 Å². The van der Waals surface area contributed by atoms with Gasteiger partial charge in [-0.1, -0.05) is 36.5 Å². The van der Waals surface area contributed by atoms with E-state index in [9.17, 15) is 9.59 Å². The van der Waals surface area contributed by atoms with Crippen molar-refractivity contribution >= 4 is 40.7 Å². The van der Waals surface area contributed by atoms with E-state index in [1.807, 2.05) is 26.0 Å². The fraction of sp³-hybridized carbons (Fsp3) is 0.364. The first kappa shape index (κ1) is 22.2. The van der Waals surface area contributed by atoms with Crippen LogP contribution in [0, 0.1) is 6.92 Å². The molecule has 0 fully saturated rings. The third-order valence-corrected chi connectivity index (χ3v) is 5.28. The number of nitrogens with zero attached hydrogens (tertiary/aromatic N) is 1. The number of fused-ring (bicyclic) bond motifs is 1. The van der Waals surface area contributed by atoms with E-state index < -0.39 is 0 Å². The van der Waals surface area contributed by atoms with E-state index in [-0.39, 0.29) is 24.4 Å². The number of carbonyl (C=O) groups is 2. The highest BCUT2D eigenvalue weighted by Crippen LogP contribution is 2.28. The van der Waals surface area contributed by atoms with Gasteiger partial charge < -0.3 is 10.1 Å². The Bertz CT molecular complexity index is 936. The number of aryl methyl sites for hydroxylation is 1. The van der Waals surface area contributed by atoms with Gasteiger partial charge in [-0.15, -0.1) is 0 Å². The summed E-state index contributed by atoms with van der Waals surface area (Å²) in [5.74, 6) is 0.228. The highest BCUT2D eigenvalue weighted by molar-refractivity contribution is 6.31. The Hall–Kier alpha value is -2.44. The standard InChI is InChI=1S/C22H25Cl2N3O3/c1-3-5-20-25-18-9-7-16(24)13-17(18)22(29)27(20)26-21(28)6-4-11-30-19-10-8-15(23)12-14(19)2/h7-10,12-13,20,25H,3-6,11H2,1-2H3,(H,26,28). The summed E-state index contributed by atoms with van der Waals surface area (Å²) in [6.07, 6.45) is 2.00. The van der Waals surface area contributed by atoms with Gasteiger partial charge in [-0.05, 0) is 61.7 Å². The first-order valence-corrected chi connectivity index (χ1v) is 10.7. The Labute approximate surface area is 186 Å². The number of hydrazine groups is 1. The van der Waals surface area contributed by atoms with E-state index in [1.54, 1.807) is 24.3 Å². The molecule has 0 bridgehead atoms. The zero-order valence-electron chi connectivity index (χ0n) is 17.0. The van der Waals surface area contributed by atoms with Crippen LogP contribution >= 0.6 is 23.2 Å². The van der Waals surface area contributed by atoms with Crippen molar-refractivity contribution in [3.63, 3.8) is 0 Å². The summed E-state index contributed by atoms with van der Waals surface area (Å²) in [6.45, 7) is 4.33. The number of amides is 2. The summed E-state index contributed by atoms with van der Waals surface area (Å²) in [7, 11) is 0. The lowest BCUT2D eigenvalue weighted by atomic mass is 10.1. The number of anilines is 1. The number of hydrogen-bond donors (Lipinski definition) is 2. The number of nitrogens with one attached hydrogen (secondary N) is 2. The van der Waals surface area contributed by atoms with Gasteiger partial charge in [-0.2, -0.15) is 0 Å². The van der Waals surface area contributed by atoms with Crippen molar-refractivity contribution in [2.24, 2.45) is 0 Å². The van der Waals surface area contributed by atoms with Crippen LogP contribution in [0.25, 0.3) is 0 Å². The van der Waals surface area contributed by atoms with Crippen molar-refractivity contribution < 1.29 is 14.3 Å². The quantitative estimate of drug-likeness (QED) is 0.544. The lowest BCUT2D eigenvalue weighted by Crippen LogP contribution is -2.57. The van der Waals surface area contributed by atoms with E-state index in [0.717, 1.165) is 23.4 Å². The highest BCUT2D eigenvalue weighted by Gasteiger charge is 2.32. The number of rotatable bonds is 8. The molecule has 0 saturated carbocycles. The van der Waals surface area contributed by atoms with Crippen LogP contribution in [0.15, 0.2) is 36.4 Å². The molecular weight excluding hydrogens is 425 g/mol. The van der Waals surface area contributed by atoms with E-state index in [2.05, 4.69) is 10.7 Å². The maximum atomic E-state index is 12.9. The molecule has 30 heavy (non-hydrogen) atoms. The lowest BCUT2D eigenvalue weighted by Gasteiger charge is -2.37. The van der Waals surface area contributed by atoms with E-state index in [1.165, 1.54) is 5.01 Å². The van der Waals surface area contributed by atoms with Gasteiger partial charge in [0.05, 0.1) is 12.2 Å². The average molecular weight is 450 g/mol. The summed E-state index contributed by atoms with van der Waals surface area (Å²) in [5.41, 5.74) is 4.85. The molecule has 1 atom stereocenters. The van der Waals surface area contributed by atoms with Crippen LogP contribution in [0.2, 0.25) is 10.0 Å². The molecule has 1 unspecified atom stereocenters. The van der Waals surface area contributed by atoms with Gasteiger partial charge in [-0.3, -0.25) is 15.0 Å². The molecule has 0 aliphatic carbocycles. The minimum Gasteiger partial charge on any atom is -0.493 e. The van der Waals surface area contributed by atoms with E-state index >= 15 is 0 Å². The van der Waals surface area contributed by atoms with Crippen LogP contribution in [0.3, 0.4) is 0 Å². The van der Waals surface area contributed by atoms with Gasteiger partial charge in [0.2, 0.25) is 5.91 Å². The molecule has 0 radical (unpaired) electrons. The number of hydrogen-bond acceptors (Lipinski definition) is 4. The van der Waals surface area contributed by atoms with Crippen LogP contribution in [0.4, 0.5) is 5.69 Å². The topological polar surface area (TPSA) is 70.7 Å². The second-order valence-electron chi connectivity index (χ2n) is 7.21. The normalized spacial score (nSPS) is 15.4. The van der Waals surface area contributed by atoms with Crippen molar-refractivity contribution in [1.82, 2.24) is 10.4 Å². The molecule has 2 aromatic rings. The minimum atomic E-state index is -0.312.